The Kier molecular flexibility index (Phi) is 7.34. The normalized spacial score (nSPS) is 19.3. The molecular weight excluding hydrogens is 310 g/mol. The van der Waals surface area contributed by atoms with E-state index in [9.17, 15) is 14.4 Å². The third-order valence-corrected chi connectivity index (χ3v) is 4.71. The van der Waals surface area contributed by atoms with E-state index in [0.717, 1.165) is 38.5 Å². The van der Waals surface area contributed by atoms with E-state index >= 15 is 0 Å². The summed E-state index contributed by atoms with van der Waals surface area (Å²) in [5.41, 5.74) is 0. The molecule has 4 N–H and O–H groups in total. The van der Waals surface area contributed by atoms with Crippen LogP contribution in [0.25, 0.3) is 0 Å². The molecular formula is C17H29N3O4. The van der Waals surface area contributed by atoms with Crippen LogP contribution in [-0.4, -0.2) is 41.6 Å². The number of hydrogen-bond acceptors (Lipinski definition) is 3. The molecule has 0 aromatic heterocycles. The zero-order chi connectivity index (χ0) is 17.4. The second kappa shape index (κ2) is 9.49. The molecule has 0 heterocycles. The molecule has 24 heavy (non-hydrogen) atoms. The summed E-state index contributed by atoms with van der Waals surface area (Å²) in [6.07, 6.45) is 8.99. The first-order valence-corrected chi connectivity index (χ1v) is 9.11. The number of nitrogens with one attached hydrogen (secondary N) is 3. The number of amides is 3. The van der Waals surface area contributed by atoms with Crippen LogP contribution in [-0.2, 0) is 9.59 Å². The van der Waals surface area contributed by atoms with Crippen molar-refractivity contribution < 1.29 is 19.5 Å². The molecule has 2 fully saturated rings. The quantitative estimate of drug-likeness (QED) is 0.480. The van der Waals surface area contributed by atoms with E-state index in [1.807, 2.05) is 0 Å². The predicted molar refractivity (Wildman–Crippen MR) is 89.5 cm³/mol. The minimum absolute atomic E-state index is 0.181. The summed E-state index contributed by atoms with van der Waals surface area (Å²) in [4.78, 5) is 34.7. The summed E-state index contributed by atoms with van der Waals surface area (Å²) in [5, 5.41) is 17.4. The van der Waals surface area contributed by atoms with Gasteiger partial charge >= 0.3 is 12.0 Å². The van der Waals surface area contributed by atoms with Crippen LogP contribution in [0.3, 0.4) is 0 Å². The molecule has 0 aromatic rings. The van der Waals surface area contributed by atoms with Gasteiger partial charge in [0, 0.05) is 19.0 Å². The Morgan fingerprint density at radius 2 is 1.75 bits per heavy atom. The van der Waals surface area contributed by atoms with Crippen molar-refractivity contribution in [3.05, 3.63) is 0 Å². The third-order valence-electron chi connectivity index (χ3n) is 4.71. The molecule has 0 aromatic carbocycles. The van der Waals surface area contributed by atoms with E-state index in [4.69, 9.17) is 5.11 Å². The van der Waals surface area contributed by atoms with Crippen LogP contribution in [0.5, 0.6) is 0 Å². The highest BCUT2D eigenvalue weighted by Crippen LogP contribution is 2.33. The fourth-order valence-electron chi connectivity index (χ4n) is 3.11. The summed E-state index contributed by atoms with van der Waals surface area (Å²) in [7, 11) is 0. The average Bonchev–Trinajstić information content (AvgIpc) is 3.36. The smallest absolute Gasteiger partial charge is 0.326 e. The van der Waals surface area contributed by atoms with Crippen molar-refractivity contribution in [3.63, 3.8) is 0 Å². The van der Waals surface area contributed by atoms with Crippen molar-refractivity contribution in [1.29, 1.82) is 0 Å². The summed E-state index contributed by atoms with van der Waals surface area (Å²) in [5.74, 6) is -0.797. The Morgan fingerprint density at radius 1 is 1.04 bits per heavy atom. The number of carboxylic acid groups (broad SMARTS) is 1. The van der Waals surface area contributed by atoms with Crippen molar-refractivity contribution in [2.75, 3.05) is 6.54 Å². The van der Waals surface area contributed by atoms with Crippen molar-refractivity contribution in [2.24, 2.45) is 5.92 Å². The average molecular weight is 339 g/mol. The lowest BCUT2D eigenvalue weighted by Gasteiger charge is -2.22. The van der Waals surface area contributed by atoms with Crippen LogP contribution >= 0.6 is 0 Å². The summed E-state index contributed by atoms with van der Waals surface area (Å²) >= 11 is 0. The molecule has 2 aliphatic rings. The molecule has 7 nitrogen and oxygen atoms in total. The van der Waals surface area contributed by atoms with E-state index in [1.54, 1.807) is 0 Å². The molecule has 0 radical (unpaired) electrons. The van der Waals surface area contributed by atoms with Gasteiger partial charge in [-0.05, 0) is 31.6 Å². The van der Waals surface area contributed by atoms with Gasteiger partial charge < -0.3 is 21.1 Å². The van der Waals surface area contributed by atoms with Crippen LogP contribution in [0.4, 0.5) is 4.79 Å². The van der Waals surface area contributed by atoms with Crippen LogP contribution in [0.15, 0.2) is 0 Å². The number of carboxylic acids is 1. The molecule has 1 atom stereocenters. The van der Waals surface area contributed by atoms with E-state index in [1.165, 1.54) is 6.42 Å². The molecule has 2 saturated carbocycles. The Bertz CT molecular complexity index is 445. The minimum Gasteiger partial charge on any atom is -0.480 e. The van der Waals surface area contributed by atoms with E-state index < -0.39 is 12.0 Å². The number of carbonyl (C=O) groups is 3. The minimum atomic E-state index is -0.972. The number of rotatable bonds is 9. The highest BCUT2D eigenvalue weighted by Gasteiger charge is 2.30. The number of carbonyl (C=O) groups excluding carboxylic acids is 2. The lowest BCUT2D eigenvalue weighted by atomic mass is 9.96. The molecule has 0 aliphatic heterocycles. The van der Waals surface area contributed by atoms with Crippen LogP contribution < -0.4 is 16.0 Å². The topological polar surface area (TPSA) is 108 Å². The third kappa shape index (κ3) is 7.19. The Balaban J connectivity index is 1.54. The van der Waals surface area contributed by atoms with Crippen molar-refractivity contribution in [2.45, 2.75) is 76.3 Å². The monoisotopic (exact) mass is 339 g/mol. The van der Waals surface area contributed by atoms with Gasteiger partial charge in [0.1, 0.15) is 6.04 Å². The molecule has 7 heteroatoms. The molecule has 2 aliphatic carbocycles. The second-order valence-electron chi connectivity index (χ2n) is 6.98. The maximum atomic E-state index is 11.8. The Hall–Kier alpha value is -1.79. The van der Waals surface area contributed by atoms with E-state index in [-0.39, 0.29) is 24.4 Å². The highest BCUT2D eigenvalue weighted by atomic mass is 16.4. The number of hydrogen-bond donors (Lipinski definition) is 4. The zero-order valence-electron chi connectivity index (χ0n) is 14.2. The van der Waals surface area contributed by atoms with E-state index in [0.29, 0.717) is 25.3 Å². The van der Waals surface area contributed by atoms with Gasteiger partial charge in [0.2, 0.25) is 5.91 Å². The maximum absolute atomic E-state index is 11.8. The molecule has 0 saturated heterocycles. The molecule has 3 amide bonds. The summed E-state index contributed by atoms with van der Waals surface area (Å²) in [6.45, 7) is 0.409. The SMILES string of the molecule is O=C(CCCNC(=O)NC1CCCCC1)NC(CC1CC1)C(=O)O. The first-order valence-electron chi connectivity index (χ1n) is 9.11. The van der Waals surface area contributed by atoms with E-state index in [2.05, 4.69) is 16.0 Å². The van der Waals surface area contributed by atoms with Gasteiger partial charge in [-0.3, -0.25) is 4.79 Å². The molecule has 1 unspecified atom stereocenters. The largest absolute Gasteiger partial charge is 0.480 e. The molecule has 136 valence electrons. The lowest BCUT2D eigenvalue weighted by Crippen LogP contribution is -2.43. The van der Waals surface area contributed by atoms with Gasteiger partial charge in [-0.15, -0.1) is 0 Å². The summed E-state index contributed by atoms with van der Waals surface area (Å²) in [6, 6.07) is -0.701. The van der Waals surface area contributed by atoms with Crippen molar-refractivity contribution in [3.8, 4) is 0 Å². The van der Waals surface area contributed by atoms with Crippen LogP contribution in [0.2, 0.25) is 0 Å². The maximum Gasteiger partial charge on any atom is 0.326 e. The number of aliphatic carboxylic acids is 1. The van der Waals surface area contributed by atoms with Gasteiger partial charge in [0.25, 0.3) is 0 Å². The first kappa shape index (κ1) is 18.5. The van der Waals surface area contributed by atoms with Crippen molar-refractivity contribution >= 4 is 17.9 Å². The molecule has 2 rings (SSSR count). The Labute approximate surface area is 142 Å². The zero-order valence-corrected chi connectivity index (χ0v) is 14.2. The predicted octanol–water partition coefficient (Wildman–Crippen LogP) is 1.77. The van der Waals surface area contributed by atoms with Gasteiger partial charge in [0.05, 0.1) is 0 Å². The van der Waals surface area contributed by atoms with Gasteiger partial charge in [-0.1, -0.05) is 32.1 Å². The van der Waals surface area contributed by atoms with Gasteiger partial charge in [-0.2, -0.15) is 0 Å². The van der Waals surface area contributed by atoms with Crippen LogP contribution in [0, 0.1) is 5.92 Å². The van der Waals surface area contributed by atoms with Crippen molar-refractivity contribution in [1.82, 2.24) is 16.0 Å². The van der Waals surface area contributed by atoms with Gasteiger partial charge in [0.15, 0.2) is 0 Å². The standard InChI is InChI=1S/C17H29N3O4/c21-15(20-14(16(22)23)11-12-8-9-12)7-4-10-18-17(24)19-13-5-2-1-3-6-13/h12-14H,1-11H2,(H,20,21)(H,22,23)(H2,18,19,24). The van der Waals surface area contributed by atoms with Gasteiger partial charge in [-0.25, -0.2) is 9.59 Å². The highest BCUT2D eigenvalue weighted by molar-refractivity contribution is 5.83. The van der Waals surface area contributed by atoms with Crippen LogP contribution in [0.1, 0.15) is 64.2 Å². The molecule has 0 spiro atoms. The molecule has 0 bridgehead atoms. The summed E-state index contributed by atoms with van der Waals surface area (Å²) < 4.78 is 0. The first-order chi connectivity index (χ1) is 11.5. The fraction of sp³-hybridized carbons (Fsp3) is 0.824. The second-order valence-corrected chi connectivity index (χ2v) is 6.98. The Morgan fingerprint density at radius 3 is 2.38 bits per heavy atom. The fourth-order valence-corrected chi connectivity index (χ4v) is 3.11. The number of urea groups is 1. The lowest BCUT2D eigenvalue weighted by molar-refractivity contribution is -0.142.